The van der Waals surface area contributed by atoms with Crippen molar-refractivity contribution in [2.75, 3.05) is 13.1 Å². The minimum Gasteiger partial charge on any atom is -0.479 e. The Balaban J connectivity index is 1.92. The molecule has 1 atom stereocenters. The number of halogens is 1. The van der Waals surface area contributed by atoms with Crippen LogP contribution in [0.25, 0.3) is 0 Å². The average Bonchev–Trinajstić information content (AvgIpc) is 2.47. The molecule has 1 saturated heterocycles. The van der Waals surface area contributed by atoms with E-state index >= 15 is 0 Å². The number of likely N-dealkylation sites (tertiary alicyclic amines) is 1. The van der Waals surface area contributed by atoms with Crippen molar-refractivity contribution in [2.45, 2.75) is 31.0 Å². The van der Waals surface area contributed by atoms with Gasteiger partial charge >= 0.3 is 5.97 Å². The number of piperidine rings is 1. The Morgan fingerprint density at radius 3 is 2.50 bits per heavy atom. The maximum absolute atomic E-state index is 13.1. The lowest BCUT2D eigenvalue weighted by Gasteiger charge is -2.35. The highest BCUT2D eigenvalue weighted by Gasteiger charge is 2.40. The fourth-order valence-electron chi connectivity index (χ4n) is 2.47. The van der Waals surface area contributed by atoms with Crippen LogP contribution < -0.4 is 0 Å². The molecule has 22 heavy (non-hydrogen) atoms. The topological polar surface area (TPSA) is 98.1 Å². The number of rotatable bonds is 4. The van der Waals surface area contributed by atoms with E-state index in [-0.39, 0.29) is 38.3 Å². The molecular formula is C15H18FNO5. The zero-order chi connectivity index (χ0) is 16.3. The van der Waals surface area contributed by atoms with E-state index in [2.05, 4.69) is 0 Å². The molecule has 3 N–H and O–H groups in total. The van der Waals surface area contributed by atoms with Crippen molar-refractivity contribution in [1.29, 1.82) is 0 Å². The second kappa shape index (κ2) is 6.41. The van der Waals surface area contributed by atoms with Crippen molar-refractivity contribution < 1.29 is 29.3 Å². The standard InChI is InChI=1S/C15H18FNO5/c16-11-3-1-2-10(8-11)12(18)9-13(19)17-6-4-15(22,5-7-17)14(20)21/h1-3,8,12,18,22H,4-7,9H2,(H,20,21). The second-order valence-corrected chi connectivity index (χ2v) is 5.49. The molecule has 120 valence electrons. The van der Waals surface area contributed by atoms with Crippen LogP contribution in [0.2, 0.25) is 0 Å². The number of aliphatic carboxylic acids is 1. The Morgan fingerprint density at radius 2 is 1.95 bits per heavy atom. The first-order valence-electron chi connectivity index (χ1n) is 6.99. The number of carboxylic acid groups (broad SMARTS) is 1. The summed E-state index contributed by atoms with van der Waals surface area (Å²) < 4.78 is 13.1. The van der Waals surface area contributed by atoms with E-state index in [4.69, 9.17) is 5.11 Å². The minimum absolute atomic E-state index is 0.0515. The zero-order valence-electron chi connectivity index (χ0n) is 11.9. The summed E-state index contributed by atoms with van der Waals surface area (Å²) in [4.78, 5) is 24.4. The number of carboxylic acids is 1. The van der Waals surface area contributed by atoms with E-state index in [9.17, 15) is 24.2 Å². The van der Waals surface area contributed by atoms with E-state index in [0.29, 0.717) is 5.56 Å². The van der Waals surface area contributed by atoms with Crippen LogP contribution in [0.15, 0.2) is 24.3 Å². The fraction of sp³-hybridized carbons (Fsp3) is 0.467. The SMILES string of the molecule is O=C(CC(O)c1cccc(F)c1)N1CCC(O)(C(=O)O)CC1. The number of amides is 1. The van der Waals surface area contributed by atoms with Gasteiger partial charge in [-0.05, 0) is 17.7 Å². The van der Waals surface area contributed by atoms with E-state index < -0.39 is 23.5 Å². The van der Waals surface area contributed by atoms with Crippen molar-refractivity contribution in [3.63, 3.8) is 0 Å². The number of aliphatic hydroxyl groups excluding tert-OH is 1. The van der Waals surface area contributed by atoms with Gasteiger partial charge in [-0.2, -0.15) is 0 Å². The predicted molar refractivity (Wildman–Crippen MR) is 74.4 cm³/mol. The quantitative estimate of drug-likeness (QED) is 0.760. The Labute approximate surface area is 126 Å². The normalized spacial score (nSPS) is 18.8. The molecule has 0 spiro atoms. The summed E-state index contributed by atoms with van der Waals surface area (Å²) in [5, 5.41) is 28.7. The molecule has 1 heterocycles. The molecule has 0 radical (unpaired) electrons. The third kappa shape index (κ3) is 3.61. The molecule has 1 aromatic rings. The fourth-order valence-corrected chi connectivity index (χ4v) is 2.47. The van der Waals surface area contributed by atoms with E-state index in [1.54, 1.807) is 0 Å². The summed E-state index contributed by atoms with van der Waals surface area (Å²) in [7, 11) is 0. The third-order valence-corrected chi connectivity index (χ3v) is 3.94. The maximum atomic E-state index is 13.1. The van der Waals surface area contributed by atoms with Gasteiger partial charge in [0, 0.05) is 25.9 Å². The second-order valence-electron chi connectivity index (χ2n) is 5.49. The lowest BCUT2D eigenvalue weighted by atomic mass is 9.91. The maximum Gasteiger partial charge on any atom is 0.335 e. The van der Waals surface area contributed by atoms with Crippen LogP contribution in [0.1, 0.15) is 30.9 Å². The molecule has 1 unspecified atom stereocenters. The van der Waals surface area contributed by atoms with Crippen LogP contribution >= 0.6 is 0 Å². The molecule has 1 fully saturated rings. The van der Waals surface area contributed by atoms with Crippen LogP contribution in [0, 0.1) is 5.82 Å². The van der Waals surface area contributed by atoms with Gasteiger partial charge in [0.1, 0.15) is 5.82 Å². The number of hydrogen-bond donors (Lipinski definition) is 3. The van der Waals surface area contributed by atoms with Gasteiger partial charge in [-0.15, -0.1) is 0 Å². The molecule has 0 bridgehead atoms. The lowest BCUT2D eigenvalue weighted by Crippen LogP contribution is -2.51. The van der Waals surface area contributed by atoms with E-state index in [1.807, 2.05) is 0 Å². The molecule has 2 rings (SSSR count). The molecule has 1 aromatic carbocycles. The summed E-state index contributed by atoms with van der Waals surface area (Å²) in [5.41, 5.74) is -1.48. The Morgan fingerprint density at radius 1 is 1.32 bits per heavy atom. The van der Waals surface area contributed by atoms with Crippen LogP contribution in [-0.2, 0) is 9.59 Å². The van der Waals surface area contributed by atoms with Crippen LogP contribution in [-0.4, -0.2) is 50.8 Å². The number of benzene rings is 1. The molecule has 6 nitrogen and oxygen atoms in total. The van der Waals surface area contributed by atoms with E-state index in [1.165, 1.54) is 23.1 Å². The van der Waals surface area contributed by atoms with Crippen molar-refractivity contribution in [2.24, 2.45) is 0 Å². The molecule has 0 aliphatic carbocycles. The molecule has 0 saturated carbocycles. The first-order chi connectivity index (χ1) is 10.3. The van der Waals surface area contributed by atoms with Gasteiger partial charge in [-0.25, -0.2) is 9.18 Å². The Kier molecular flexibility index (Phi) is 4.77. The van der Waals surface area contributed by atoms with Crippen molar-refractivity contribution in [1.82, 2.24) is 4.90 Å². The summed E-state index contributed by atoms with van der Waals surface area (Å²) in [6.07, 6.45) is -1.44. The van der Waals surface area contributed by atoms with Crippen LogP contribution in [0.3, 0.4) is 0 Å². The van der Waals surface area contributed by atoms with Gasteiger partial charge < -0.3 is 20.2 Å². The number of carbonyl (C=O) groups is 2. The van der Waals surface area contributed by atoms with Crippen molar-refractivity contribution >= 4 is 11.9 Å². The average molecular weight is 311 g/mol. The van der Waals surface area contributed by atoms with E-state index in [0.717, 1.165) is 6.07 Å². The molecule has 0 aromatic heterocycles. The van der Waals surface area contributed by atoms with Crippen molar-refractivity contribution in [3.05, 3.63) is 35.6 Å². The highest BCUT2D eigenvalue weighted by atomic mass is 19.1. The van der Waals surface area contributed by atoms with Gasteiger partial charge in [0.2, 0.25) is 5.91 Å². The molecule has 1 aliphatic heterocycles. The Bertz CT molecular complexity index is 569. The largest absolute Gasteiger partial charge is 0.479 e. The first-order valence-corrected chi connectivity index (χ1v) is 6.99. The minimum atomic E-state index is -1.79. The molecular weight excluding hydrogens is 293 g/mol. The van der Waals surface area contributed by atoms with Crippen LogP contribution in [0.4, 0.5) is 4.39 Å². The van der Waals surface area contributed by atoms with Gasteiger partial charge in [-0.1, -0.05) is 12.1 Å². The lowest BCUT2D eigenvalue weighted by molar-refractivity contribution is -0.165. The van der Waals surface area contributed by atoms with Gasteiger partial charge in [0.25, 0.3) is 0 Å². The van der Waals surface area contributed by atoms with Gasteiger partial charge in [0.15, 0.2) is 5.60 Å². The smallest absolute Gasteiger partial charge is 0.335 e. The third-order valence-electron chi connectivity index (χ3n) is 3.94. The summed E-state index contributed by atoms with van der Waals surface area (Å²) in [6, 6.07) is 5.39. The highest BCUT2D eigenvalue weighted by Crippen LogP contribution is 2.25. The molecule has 1 amide bonds. The van der Waals surface area contributed by atoms with Gasteiger partial charge in [0.05, 0.1) is 12.5 Å². The predicted octanol–water partition coefficient (Wildman–Crippen LogP) is 0.687. The molecule has 1 aliphatic rings. The number of carbonyl (C=O) groups excluding carboxylic acids is 1. The Hall–Kier alpha value is -1.99. The zero-order valence-corrected chi connectivity index (χ0v) is 11.9. The summed E-state index contributed by atoms with van der Waals surface area (Å²) >= 11 is 0. The number of nitrogens with zero attached hydrogens (tertiary/aromatic N) is 1. The molecule has 7 heteroatoms. The first kappa shape index (κ1) is 16.4. The van der Waals surface area contributed by atoms with Crippen molar-refractivity contribution in [3.8, 4) is 0 Å². The highest BCUT2D eigenvalue weighted by molar-refractivity contribution is 5.79. The number of hydrogen-bond acceptors (Lipinski definition) is 4. The summed E-state index contributed by atoms with van der Waals surface area (Å²) in [5.74, 6) is -2.14. The van der Waals surface area contributed by atoms with Gasteiger partial charge in [-0.3, -0.25) is 4.79 Å². The monoisotopic (exact) mass is 311 g/mol. The summed E-state index contributed by atoms with van der Waals surface area (Å²) in [6.45, 7) is 0.217. The number of aliphatic hydroxyl groups is 2. The van der Waals surface area contributed by atoms with Crippen LogP contribution in [0.5, 0.6) is 0 Å².